The molecule has 0 aliphatic carbocycles. The van der Waals surface area contributed by atoms with Crippen molar-refractivity contribution in [2.45, 2.75) is 11.8 Å². The number of benzene rings is 1. The van der Waals surface area contributed by atoms with E-state index in [2.05, 4.69) is 9.71 Å². The average molecular weight is 342 g/mol. The van der Waals surface area contributed by atoms with Gasteiger partial charge in [0.05, 0.1) is 10.7 Å². The van der Waals surface area contributed by atoms with Gasteiger partial charge in [0, 0.05) is 17.5 Å². The van der Waals surface area contributed by atoms with E-state index in [1.807, 2.05) is 0 Å². The van der Waals surface area contributed by atoms with Crippen LogP contribution < -0.4 is 10.5 Å². The van der Waals surface area contributed by atoms with E-state index in [-0.39, 0.29) is 14.9 Å². The van der Waals surface area contributed by atoms with Crippen LogP contribution in [0.4, 0.5) is 5.69 Å². The van der Waals surface area contributed by atoms with Crippen LogP contribution in [-0.2, 0) is 10.0 Å². The average Bonchev–Trinajstić information content (AvgIpc) is 2.38. The summed E-state index contributed by atoms with van der Waals surface area (Å²) in [4.78, 5) is 4.02. The standard InChI is InChI=1S/C13H12ClN3O2S2/c1-8-6-10(4-5-16-8)17-21(18,19)12-7-9(13(15)20)2-3-11(12)14/h2-7H,1H3,(H2,15,20)(H,16,17). The zero-order valence-electron chi connectivity index (χ0n) is 11.0. The molecule has 110 valence electrons. The van der Waals surface area contributed by atoms with E-state index >= 15 is 0 Å². The summed E-state index contributed by atoms with van der Waals surface area (Å²) < 4.78 is 27.3. The first-order valence-corrected chi connectivity index (χ1v) is 8.11. The largest absolute Gasteiger partial charge is 0.389 e. The number of sulfonamides is 1. The van der Waals surface area contributed by atoms with Gasteiger partial charge in [-0.3, -0.25) is 9.71 Å². The third-order valence-corrected chi connectivity index (χ3v) is 4.75. The number of nitrogens with two attached hydrogens (primary N) is 1. The van der Waals surface area contributed by atoms with E-state index in [4.69, 9.17) is 29.6 Å². The van der Waals surface area contributed by atoms with Crippen LogP contribution in [0.1, 0.15) is 11.3 Å². The van der Waals surface area contributed by atoms with Crippen molar-refractivity contribution in [1.82, 2.24) is 4.98 Å². The highest BCUT2D eigenvalue weighted by Gasteiger charge is 2.19. The Balaban J connectivity index is 2.44. The van der Waals surface area contributed by atoms with Crippen LogP contribution in [-0.4, -0.2) is 18.4 Å². The molecule has 0 atom stereocenters. The summed E-state index contributed by atoms with van der Waals surface area (Å²) >= 11 is 10.8. The maximum atomic E-state index is 12.4. The third-order valence-electron chi connectivity index (χ3n) is 2.65. The van der Waals surface area contributed by atoms with Gasteiger partial charge in [-0.1, -0.05) is 29.9 Å². The first kappa shape index (κ1) is 15.7. The number of nitrogens with one attached hydrogen (secondary N) is 1. The minimum atomic E-state index is -3.84. The highest BCUT2D eigenvalue weighted by Crippen LogP contribution is 2.25. The lowest BCUT2D eigenvalue weighted by molar-refractivity contribution is 0.601. The van der Waals surface area contributed by atoms with Crippen molar-refractivity contribution in [2.24, 2.45) is 5.73 Å². The van der Waals surface area contributed by atoms with Gasteiger partial charge in [-0.05, 0) is 31.2 Å². The number of rotatable bonds is 4. The van der Waals surface area contributed by atoms with Gasteiger partial charge >= 0.3 is 0 Å². The molecule has 0 saturated carbocycles. The lowest BCUT2D eigenvalue weighted by Crippen LogP contribution is -2.16. The summed E-state index contributed by atoms with van der Waals surface area (Å²) in [6, 6.07) is 7.53. The number of anilines is 1. The van der Waals surface area contributed by atoms with Gasteiger partial charge in [0.1, 0.15) is 9.88 Å². The fourth-order valence-corrected chi connectivity index (χ4v) is 3.39. The molecule has 1 heterocycles. The first-order chi connectivity index (χ1) is 9.79. The summed E-state index contributed by atoms with van der Waals surface area (Å²) in [5.74, 6) is 0. The Labute approximate surface area is 133 Å². The van der Waals surface area contributed by atoms with Crippen LogP contribution >= 0.6 is 23.8 Å². The smallest absolute Gasteiger partial charge is 0.263 e. The van der Waals surface area contributed by atoms with E-state index in [9.17, 15) is 8.42 Å². The molecule has 21 heavy (non-hydrogen) atoms. The minimum absolute atomic E-state index is 0.0797. The van der Waals surface area contributed by atoms with Crippen molar-refractivity contribution in [3.05, 3.63) is 52.8 Å². The zero-order chi connectivity index (χ0) is 15.6. The topological polar surface area (TPSA) is 85.1 Å². The monoisotopic (exact) mass is 341 g/mol. The quantitative estimate of drug-likeness (QED) is 0.834. The number of nitrogens with zero attached hydrogens (tertiary/aromatic N) is 1. The summed E-state index contributed by atoms with van der Waals surface area (Å²) in [7, 11) is -3.84. The highest BCUT2D eigenvalue weighted by molar-refractivity contribution is 7.92. The lowest BCUT2D eigenvalue weighted by Gasteiger charge is -2.11. The normalized spacial score (nSPS) is 11.1. The van der Waals surface area contributed by atoms with Crippen molar-refractivity contribution >= 4 is 44.5 Å². The molecule has 0 radical (unpaired) electrons. The van der Waals surface area contributed by atoms with E-state index in [1.54, 1.807) is 25.1 Å². The van der Waals surface area contributed by atoms with Crippen molar-refractivity contribution in [3.8, 4) is 0 Å². The van der Waals surface area contributed by atoms with Crippen molar-refractivity contribution in [1.29, 1.82) is 0 Å². The van der Waals surface area contributed by atoms with Gasteiger partial charge in [-0.15, -0.1) is 0 Å². The summed E-state index contributed by atoms with van der Waals surface area (Å²) in [6.07, 6.45) is 1.51. The van der Waals surface area contributed by atoms with E-state index < -0.39 is 10.0 Å². The molecule has 3 N–H and O–H groups in total. The molecule has 0 aliphatic rings. The molecule has 0 bridgehead atoms. The Morgan fingerprint density at radius 1 is 1.33 bits per heavy atom. The van der Waals surface area contributed by atoms with Crippen LogP contribution in [0.25, 0.3) is 0 Å². The number of halogens is 1. The fraction of sp³-hybridized carbons (Fsp3) is 0.0769. The molecule has 8 heteroatoms. The summed E-state index contributed by atoms with van der Waals surface area (Å²) in [6.45, 7) is 1.76. The van der Waals surface area contributed by atoms with Gasteiger partial charge in [0.15, 0.2) is 0 Å². The second kappa shape index (κ2) is 5.97. The highest BCUT2D eigenvalue weighted by atomic mass is 35.5. The Morgan fingerprint density at radius 3 is 2.67 bits per heavy atom. The predicted molar refractivity (Wildman–Crippen MR) is 87.1 cm³/mol. The van der Waals surface area contributed by atoms with E-state index in [0.717, 1.165) is 0 Å². The summed E-state index contributed by atoms with van der Waals surface area (Å²) in [5, 5.41) is 0.0910. The minimum Gasteiger partial charge on any atom is -0.389 e. The molecule has 0 unspecified atom stereocenters. The van der Waals surface area contributed by atoms with Gasteiger partial charge in [0.25, 0.3) is 10.0 Å². The van der Waals surface area contributed by atoms with Crippen molar-refractivity contribution in [3.63, 3.8) is 0 Å². The maximum absolute atomic E-state index is 12.4. The molecule has 1 aromatic heterocycles. The van der Waals surface area contributed by atoms with Crippen LogP contribution in [0.5, 0.6) is 0 Å². The van der Waals surface area contributed by atoms with E-state index in [1.165, 1.54) is 18.3 Å². The number of pyridine rings is 1. The number of aryl methyl sites for hydroxylation is 1. The molecule has 2 rings (SSSR count). The molecule has 2 aromatic rings. The summed E-state index contributed by atoms with van der Waals surface area (Å²) in [5.41, 5.74) is 7.04. The number of hydrogen-bond donors (Lipinski definition) is 2. The molecule has 5 nitrogen and oxygen atoms in total. The molecular formula is C13H12ClN3O2S2. The van der Waals surface area contributed by atoms with Crippen LogP contribution in [0.3, 0.4) is 0 Å². The molecule has 0 amide bonds. The molecule has 0 fully saturated rings. The number of thiocarbonyl (C=S) groups is 1. The van der Waals surface area contributed by atoms with Crippen LogP contribution in [0.2, 0.25) is 5.02 Å². The first-order valence-electron chi connectivity index (χ1n) is 5.84. The van der Waals surface area contributed by atoms with Gasteiger partial charge in [-0.2, -0.15) is 0 Å². The van der Waals surface area contributed by atoms with Crippen LogP contribution in [0.15, 0.2) is 41.4 Å². The Hall–Kier alpha value is -1.70. The SMILES string of the molecule is Cc1cc(NS(=O)(=O)c2cc(C(N)=S)ccc2Cl)ccn1. The molecule has 1 aromatic carbocycles. The Kier molecular flexibility index (Phi) is 4.46. The Bertz CT molecular complexity index is 807. The second-order valence-electron chi connectivity index (χ2n) is 4.30. The fourth-order valence-electron chi connectivity index (χ4n) is 1.68. The molecule has 0 spiro atoms. The predicted octanol–water partition coefficient (Wildman–Crippen LogP) is 2.48. The van der Waals surface area contributed by atoms with Gasteiger partial charge < -0.3 is 5.73 Å². The van der Waals surface area contributed by atoms with Crippen LogP contribution in [0, 0.1) is 6.92 Å². The van der Waals surface area contributed by atoms with Crippen molar-refractivity contribution < 1.29 is 8.42 Å². The molecule has 0 aliphatic heterocycles. The Morgan fingerprint density at radius 2 is 2.05 bits per heavy atom. The number of hydrogen-bond acceptors (Lipinski definition) is 4. The van der Waals surface area contributed by atoms with Gasteiger partial charge in [0.2, 0.25) is 0 Å². The zero-order valence-corrected chi connectivity index (χ0v) is 13.4. The van der Waals surface area contributed by atoms with Crippen molar-refractivity contribution in [2.75, 3.05) is 4.72 Å². The maximum Gasteiger partial charge on any atom is 0.263 e. The molecular weight excluding hydrogens is 330 g/mol. The molecule has 0 saturated heterocycles. The number of aromatic nitrogens is 1. The second-order valence-corrected chi connectivity index (χ2v) is 6.80. The third kappa shape index (κ3) is 3.69. The lowest BCUT2D eigenvalue weighted by atomic mass is 10.2. The van der Waals surface area contributed by atoms with E-state index in [0.29, 0.717) is 16.9 Å². The van der Waals surface area contributed by atoms with Gasteiger partial charge in [-0.25, -0.2) is 8.42 Å².